The molecular formula is C11H12O2. The van der Waals surface area contributed by atoms with Crippen molar-refractivity contribution < 1.29 is 9.47 Å². The summed E-state index contributed by atoms with van der Waals surface area (Å²) < 4.78 is 10.3. The molecule has 2 heteroatoms. The first-order valence-corrected chi connectivity index (χ1v) is 4.13. The molecule has 2 nitrogen and oxygen atoms in total. The van der Waals surface area contributed by atoms with Crippen LogP contribution in [-0.4, -0.2) is 6.61 Å². The van der Waals surface area contributed by atoms with Gasteiger partial charge in [-0.1, -0.05) is 12.5 Å². The van der Waals surface area contributed by atoms with E-state index in [0.29, 0.717) is 18.1 Å². The molecule has 0 aliphatic rings. The second kappa shape index (κ2) is 4.42. The second-order valence-electron chi connectivity index (χ2n) is 2.60. The Morgan fingerprint density at radius 1 is 1.38 bits per heavy atom. The molecule has 0 aliphatic carbocycles. The maximum atomic E-state index is 5.35. The molecule has 0 radical (unpaired) electrons. The highest BCUT2D eigenvalue weighted by molar-refractivity contribution is 5.43. The van der Waals surface area contributed by atoms with Crippen LogP contribution in [0, 0.1) is 19.5 Å². The Labute approximate surface area is 78.5 Å². The van der Waals surface area contributed by atoms with Gasteiger partial charge in [0.25, 0.3) is 0 Å². The van der Waals surface area contributed by atoms with Gasteiger partial charge in [0.2, 0.25) is 0 Å². The summed E-state index contributed by atoms with van der Waals surface area (Å²) in [6.07, 6.45) is 7.16. The van der Waals surface area contributed by atoms with Gasteiger partial charge in [0.15, 0.2) is 11.5 Å². The third kappa shape index (κ3) is 2.41. The molecule has 0 bridgehead atoms. The Hall–Kier alpha value is -1.62. The smallest absolute Gasteiger partial charge is 0.182 e. The zero-order chi connectivity index (χ0) is 9.68. The number of benzene rings is 1. The number of aryl methyl sites for hydroxylation is 1. The average molecular weight is 176 g/mol. The van der Waals surface area contributed by atoms with E-state index in [1.165, 1.54) is 0 Å². The van der Waals surface area contributed by atoms with E-state index >= 15 is 0 Å². The molecule has 0 N–H and O–H groups in total. The van der Waals surface area contributed by atoms with Gasteiger partial charge in [0, 0.05) is 0 Å². The number of rotatable bonds is 3. The minimum Gasteiger partial charge on any atom is -0.490 e. The summed E-state index contributed by atoms with van der Waals surface area (Å²) >= 11 is 0. The van der Waals surface area contributed by atoms with Crippen LogP contribution in [0.15, 0.2) is 18.2 Å². The minimum atomic E-state index is 0.593. The number of ether oxygens (including phenoxy) is 2. The lowest BCUT2D eigenvalue weighted by Gasteiger charge is -2.07. The summed E-state index contributed by atoms with van der Waals surface area (Å²) in [4.78, 5) is 0. The first-order valence-electron chi connectivity index (χ1n) is 4.13. The predicted octanol–water partition coefficient (Wildman–Crippen LogP) is 2.36. The van der Waals surface area contributed by atoms with Crippen LogP contribution in [-0.2, 0) is 0 Å². The summed E-state index contributed by atoms with van der Waals surface area (Å²) in [5.74, 6) is 1.29. The van der Waals surface area contributed by atoms with Crippen LogP contribution >= 0.6 is 0 Å². The zero-order valence-electron chi connectivity index (χ0n) is 7.83. The number of terminal acetylenes is 1. The Balaban J connectivity index is 2.97. The fourth-order valence-corrected chi connectivity index (χ4v) is 1.03. The number of hydrogen-bond donors (Lipinski definition) is 0. The topological polar surface area (TPSA) is 18.5 Å². The fourth-order valence-electron chi connectivity index (χ4n) is 1.03. The fraction of sp³-hybridized carbons (Fsp3) is 0.273. The Morgan fingerprint density at radius 2 is 2.15 bits per heavy atom. The van der Waals surface area contributed by atoms with Crippen molar-refractivity contribution in [1.29, 1.82) is 0 Å². The van der Waals surface area contributed by atoms with Crippen molar-refractivity contribution in [1.82, 2.24) is 0 Å². The van der Waals surface area contributed by atoms with Crippen LogP contribution in [0.3, 0.4) is 0 Å². The summed E-state index contributed by atoms with van der Waals surface area (Å²) in [7, 11) is 0. The van der Waals surface area contributed by atoms with Gasteiger partial charge >= 0.3 is 0 Å². The predicted molar refractivity (Wildman–Crippen MR) is 51.8 cm³/mol. The maximum absolute atomic E-state index is 5.35. The van der Waals surface area contributed by atoms with E-state index in [1.807, 2.05) is 26.0 Å². The van der Waals surface area contributed by atoms with E-state index in [0.717, 1.165) is 5.56 Å². The van der Waals surface area contributed by atoms with Gasteiger partial charge in [0.1, 0.15) is 6.11 Å². The van der Waals surface area contributed by atoms with Gasteiger partial charge in [-0.05, 0) is 31.5 Å². The van der Waals surface area contributed by atoms with Crippen molar-refractivity contribution in [3.05, 3.63) is 23.8 Å². The molecular weight excluding hydrogens is 164 g/mol. The third-order valence-electron chi connectivity index (χ3n) is 1.57. The standard InChI is InChI=1S/C11H12O2/c1-4-12-10-7-6-9(3)8-11(10)13-5-2/h1,6-8H,5H2,2-3H3. The van der Waals surface area contributed by atoms with Crippen LogP contribution in [0.25, 0.3) is 0 Å². The summed E-state index contributed by atoms with van der Waals surface area (Å²) in [6.45, 7) is 4.51. The molecule has 68 valence electrons. The van der Waals surface area contributed by atoms with Crippen LogP contribution in [0.4, 0.5) is 0 Å². The molecule has 0 saturated heterocycles. The first kappa shape index (κ1) is 9.47. The first-order chi connectivity index (χ1) is 6.27. The van der Waals surface area contributed by atoms with Crippen molar-refractivity contribution in [3.8, 4) is 24.0 Å². The quantitative estimate of drug-likeness (QED) is 0.658. The van der Waals surface area contributed by atoms with Crippen LogP contribution in [0.5, 0.6) is 11.5 Å². The maximum Gasteiger partial charge on any atom is 0.182 e. The Bertz CT molecular complexity index is 323. The monoisotopic (exact) mass is 176 g/mol. The molecule has 0 unspecified atom stereocenters. The van der Waals surface area contributed by atoms with Gasteiger partial charge in [-0.2, -0.15) is 0 Å². The van der Waals surface area contributed by atoms with Gasteiger partial charge in [-0.15, -0.1) is 0 Å². The molecule has 0 spiro atoms. The Morgan fingerprint density at radius 3 is 2.77 bits per heavy atom. The van der Waals surface area contributed by atoms with Crippen LogP contribution < -0.4 is 9.47 Å². The van der Waals surface area contributed by atoms with Gasteiger partial charge < -0.3 is 9.47 Å². The van der Waals surface area contributed by atoms with Crippen molar-refractivity contribution in [2.45, 2.75) is 13.8 Å². The highest BCUT2D eigenvalue weighted by Gasteiger charge is 2.03. The molecule has 13 heavy (non-hydrogen) atoms. The van der Waals surface area contributed by atoms with Crippen LogP contribution in [0.1, 0.15) is 12.5 Å². The largest absolute Gasteiger partial charge is 0.490 e. The van der Waals surface area contributed by atoms with Crippen molar-refractivity contribution in [3.63, 3.8) is 0 Å². The molecule has 1 aromatic carbocycles. The lowest BCUT2D eigenvalue weighted by molar-refractivity contribution is 0.324. The average Bonchev–Trinajstić information content (AvgIpc) is 2.10. The van der Waals surface area contributed by atoms with Gasteiger partial charge in [-0.25, -0.2) is 0 Å². The molecule has 0 aromatic heterocycles. The van der Waals surface area contributed by atoms with E-state index in [-0.39, 0.29) is 0 Å². The normalized spacial score (nSPS) is 9.00. The molecule has 0 atom stereocenters. The summed E-state index contributed by atoms with van der Waals surface area (Å²) in [5, 5.41) is 0. The molecule has 0 saturated carbocycles. The van der Waals surface area contributed by atoms with Gasteiger partial charge in [-0.3, -0.25) is 0 Å². The third-order valence-corrected chi connectivity index (χ3v) is 1.57. The van der Waals surface area contributed by atoms with Gasteiger partial charge in [0.05, 0.1) is 6.61 Å². The second-order valence-corrected chi connectivity index (χ2v) is 2.60. The molecule has 0 amide bonds. The highest BCUT2D eigenvalue weighted by atomic mass is 16.5. The summed E-state index contributed by atoms with van der Waals surface area (Å²) in [5.41, 5.74) is 1.12. The number of hydrogen-bond acceptors (Lipinski definition) is 2. The van der Waals surface area contributed by atoms with E-state index in [2.05, 4.69) is 6.11 Å². The molecule has 1 aromatic rings. The molecule has 1 rings (SSSR count). The highest BCUT2D eigenvalue weighted by Crippen LogP contribution is 2.27. The molecule has 0 fully saturated rings. The lowest BCUT2D eigenvalue weighted by Crippen LogP contribution is -1.95. The van der Waals surface area contributed by atoms with Crippen LogP contribution in [0.2, 0.25) is 0 Å². The van der Waals surface area contributed by atoms with E-state index in [1.54, 1.807) is 6.07 Å². The molecule has 0 heterocycles. The summed E-state index contributed by atoms with van der Waals surface area (Å²) in [6, 6.07) is 5.63. The zero-order valence-corrected chi connectivity index (χ0v) is 7.83. The van der Waals surface area contributed by atoms with Crippen molar-refractivity contribution in [2.24, 2.45) is 0 Å². The van der Waals surface area contributed by atoms with E-state index in [9.17, 15) is 0 Å². The Kier molecular flexibility index (Phi) is 3.22. The SMILES string of the molecule is C#COc1ccc(C)cc1OCC. The van der Waals surface area contributed by atoms with Crippen molar-refractivity contribution >= 4 is 0 Å². The molecule has 0 aliphatic heterocycles. The minimum absolute atomic E-state index is 0.593. The van der Waals surface area contributed by atoms with E-state index in [4.69, 9.17) is 15.9 Å². The van der Waals surface area contributed by atoms with Crippen molar-refractivity contribution in [2.75, 3.05) is 6.61 Å². The lowest BCUT2D eigenvalue weighted by atomic mass is 10.2. The van der Waals surface area contributed by atoms with E-state index < -0.39 is 0 Å².